The van der Waals surface area contributed by atoms with E-state index in [0.717, 1.165) is 16.7 Å². The maximum Gasteiger partial charge on any atom is 0.339 e. The Morgan fingerprint density at radius 3 is 2.43 bits per heavy atom. The lowest BCUT2D eigenvalue weighted by molar-refractivity contribution is -0.123. The fourth-order valence-corrected chi connectivity index (χ4v) is 5.59. The van der Waals surface area contributed by atoms with Gasteiger partial charge in [-0.1, -0.05) is 53.5 Å². The number of halogens is 2. The van der Waals surface area contributed by atoms with E-state index in [4.69, 9.17) is 32.1 Å². The molecular weight excluding hydrogens is 533 g/mol. The van der Waals surface area contributed by atoms with Gasteiger partial charge in [0.15, 0.2) is 5.75 Å². The second-order valence-electron chi connectivity index (χ2n) is 7.28. The summed E-state index contributed by atoms with van der Waals surface area (Å²) >= 11 is 13.1. The Balaban J connectivity index is 1.60. The fraction of sp³-hybridized carbons (Fsp3) is 0.0833. The Kier molecular flexibility index (Phi) is 7.42. The first-order chi connectivity index (χ1) is 16.7. The van der Waals surface area contributed by atoms with Crippen LogP contribution in [0.15, 0.2) is 76.5 Å². The fourth-order valence-electron chi connectivity index (χ4n) is 3.25. The maximum atomic E-state index is 12.9. The monoisotopic (exact) mass is 549 g/mol. The second-order valence-corrected chi connectivity index (χ2v) is 10.7. The minimum absolute atomic E-state index is 0.0430. The first-order valence-corrected chi connectivity index (χ1v) is 13.0. The van der Waals surface area contributed by atoms with Crippen LogP contribution in [0.3, 0.4) is 0 Å². The van der Waals surface area contributed by atoms with E-state index in [0.29, 0.717) is 16.1 Å². The number of benzene rings is 3. The van der Waals surface area contributed by atoms with Gasteiger partial charge >= 0.3 is 10.1 Å². The summed E-state index contributed by atoms with van der Waals surface area (Å²) in [4.78, 5) is 26.6. The molecule has 7 nitrogen and oxygen atoms in total. The van der Waals surface area contributed by atoms with Gasteiger partial charge in [0.2, 0.25) is 5.75 Å². The van der Waals surface area contributed by atoms with Crippen molar-refractivity contribution < 1.29 is 26.9 Å². The highest BCUT2D eigenvalue weighted by Crippen LogP contribution is 2.40. The van der Waals surface area contributed by atoms with E-state index >= 15 is 0 Å². The van der Waals surface area contributed by atoms with Crippen LogP contribution in [0, 0.1) is 0 Å². The molecule has 0 aliphatic carbocycles. The molecule has 35 heavy (non-hydrogen) atoms. The van der Waals surface area contributed by atoms with Gasteiger partial charge < -0.3 is 8.92 Å². The Morgan fingerprint density at radius 2 is 1.74 bits per heavy atom. The van der Waals surface area contributed by atoms with Crippen molar-refractivity contribution in [1.82, 2.24) is 4.90 Å². The van der Waals surface area contributed by atoms with E-state index < -0.39 is 21.3 Å². The molecule has 180 valence electrons. The maximum absolute atomic E-state index is 12.9. The number of amides is 2. The van der Waals surface area contributed by atoms with E-state index in [2.05, 4.69) is 0 Å². The van der Waals surface area contributed by atoms with E-state index in [-0.39, 0.29) is 32.9 Å². The highest BCUT2D eigenvalue weighted by Gasteiger charge is 2.35. The average Bonchev–Trinajstić information content (AvgIpc) is 3.08. The molecule has 0 spiro atoms. The van der Waals surface area contributed by atoms with Crippen molar-refractivity contribution in [3.63, 3.8) is 0 Å². The minimum Gasteiger partial charge on any atom is -0.493 e. The van der Waals surface area contributed by atoms with Crippen molar-refractivity contribution in [2.24, 2.45) is 0 Å². The molecule has 1 fully saturated rings. The zero-order valence-electron chi connectivity index (χ0n) is 18.1. The van der Waals surface area contributed by atoms with Gasteiger partial charge in [-0.2, -0.15) is 8.42 Å². The molecule has 0 radical (unpaired) electrons. The van der Waals surface area contributed by atoms with Crippen molar-refractivity contribution in [2.75, 3.05) is 7.11 Å². The van der Waals surface area contributed by atoms with Gasteiger partial charge in [-0.05, 0) is 65.4 Å². The summed E-state index contributed by atoms with van der Waals surface area (Å²) in [5.41, 5.74) is 1.14. The summed E-state index contributed by atoms with van der Waals surface area (Å²) in [5, 5.41) is 0.0322. The van der Waals surface area contributed by atoms with Crippen LogP contribution in [0.2, 0.25) is 10.0 Å². The molecule has 0 aromatic heterocycles. The van der Waals surface area contributed by atoms with Crippen LogP contribution in [-0.4, -0.2) is 31.6 Å². The summed E-state index contributed by atoms with van der Waals surface area (Å²) in [6, 6.07) is 17.4. The number of carbonyl (C=O) groups is 2. The third-order valence-corrected chi connectivity index (χ3v) is 7.54. The van der Waals surface area contributed by atoms with Crippen LogP contribution in [-0.2, 0) is 21.5 Å². The third-order valence-electron chi connectivity index (χ3n) is 4.88. The molecule has 1 heterocycles. The number of hydrogen-bond donors (Lipinski definition) is 0. The van der Waals surface area contributed by atoms with Crippen molar-refractivity contribution in [2.45, 2.75) is 11.4 Å². The molecule has 0 saturated carbocycles. The first kappa shape index (κ1) is 25.1. The molecule has 0 unspecified atom stereocenters. The van der Waals surface area contributed by atoms with Gasteiger partial charge in [-0.3, -0.25) is 14.5 Å². The SMILES string of the molecule is COc1cc(/C=C2\SC(=O)N(Cc3cccc(Cl)c3)C2=O)cc(Cl)c1OS(=O)(=O)c1ccccc1. The van der Waals surface area contributed by atoms with Gasteiger partial charge in [0.25, 0.3) is 11.1 Å². The Bertz CT molecular complexity index is 1440. The number of carbonyl (C=O) groups excluding carboxylic acids is 2. The summed E-state index contributed by atoms with van der Waals surface area (Å²) in [5.74, 6) is -0.618. The van der Waals surface area contributed by atoms with Crippen LogP contribution in [0.1, 0.15) is 11.1 Å². The standard InChI is InChI=1S/C24H17Cl2NO6S2/c1-32-20-12-16(11-19(26)22(20)33-35(30,31)18-8-3-2-4-9-18)13-21-23(28)27(24(29)34-21)14-15-6-5-7-17(25)10-15/h2-13H,14H2,1H3/b21-13-. The lowest BCUT2D eigenvalue weighted by atomic mass is 10.1. The molecule has 3 aromatic carbocycles. The second kappa shape index (κ2) is 10.3. The summed E-state index contributed by atoms with van der Waals surface area (Å²) < 4.78 is 35.8. The average molecular weight is 550 g/mol. The summed E-state index contributed by atoms with van der Waals surface area (Å²) in [6.45, 7) is 0.0801. The topological polar surface area (TPSA) is 90.0 Å². The van der Waals surface area contributed by atoms with E-state index in [9.17, 15) is 18.0 Å². The van der Waals surface area contributed by atoms with Crippen LogP contribution < -0.4 is 8.92 Å². The van der Waals surface area contributed by atoms with Crippen molar-refractivity contribution in [1.29, 1.82) is 0 Å². The molecule has 0 N–H and O–H groups in total. The summed E-state index contributed by atoms with van der Waals surface area (Å²) in [6.07, 6.45) is 1.48. The van der Waals surface area contributed by atoms with Crippen molar-refractivity contribution in [3.8, 4) is 11.5 Å². The molecule has 0 bridgehead atoms. The van der Waals surface area contributed by atoms with E-state index in [1.54, 1.807) is 42.5 Å². The highest BCUT2D eigenvalue weighted by molar-refractivity contribution is 8.18. The lowest BCUT2D eigenvalue weighted by Gasteiger charge is -2.13. The predicted molar refractivity (Wildman–Crippen MR) is 135 cm³/mol. The molecule has 4 rings (SSSR count). The molecule has 1 aliphatic heterocycles. The van der Waals surface area contributed by atoms with E-state index in [1.165, 1.54) is 37.5 Å². The first-order valence-electron chi connectivity index (χ1n) is 10.0. The third kappa shape index (κ3) is 5.65. The highest BCUT2D eigenvalue weighted by atomic mass is 35.5. The quantitative estimate of drug-likeness (QED) is 0.263. The molecule has 11 heteroatoms. The number of methoxy groups -OCH3 is 1. The van der Waals surface area contributed by atoms with E-state index in [1.807, 2.05) is 0 Å². The molecule has 1 aliphatic rings. The van der Waals surface area contributed by atoms with Gasteiger partial charge in [0.05, 0.1) is 23.6 Å². The van der Waals surface area contributed by atoms with Crippen molar-refractivity contribution >= 4 is 62.3 Å². The Labute approximate surface area is 216 Å². The molecular formula is C24H17Cl2NO6S2. The Morgan fingerprint density at radius 1 is 1.00 bits per heavy atom. The molecule has 0 atom stereocenters. The number of rotatable bonds is 7. The number of imide groups is 1. The molecule has 3 aromatic rings. The van der Waals surface area contributed by atoms with Crippen LogP contribution >= 0.6 is 35.0 Å². The van der Waals surface area contributed by atoms with Crippen LogP contribution in [0.5, 0.6) is 11.5 Å². The molecule has 1 saturated heterocycles. The van der Waals surface area contributed by atoms with Gasteiger partial charge in [0, 0.05) is 5.02 Å². The number of nitrogens with zero attached hydrogens (tertiary/aromatic N) is 1. The van der Waals surface area contributed by atoms with Gasteiger partial charge in [-0.25, -0.2) is 0 Å². The number of thioether (sulfide) groups is 1. The van der Waals surface area contributed by atoms with Gasteiger partial charge in [0.1, 0.15) is 4.90 Å². The lowest BCUT2D eigenvalue weighted by Crippen LogP contribution is -2.27. The number of hydrogen-bond acceptors (Lipinski definition) is 7. The minimum atomic E-state index is -4.16. The summed E-state index contributed by atoms with van der Waals surface area (Å²) in [7, 11) is -2.83. The normalized spacial score (nSPS) is 15.1. The zero-order chi connectivity index (χ0) is 25.2. The van der Waals surface area contributed by atoms with Crippen LogP contribution in [0.25, 0.3) is 6.08 Å². The van der Waals surface area contributed by atoms with Crippen LogP contribution in [0.4, 0.5) is 4.79 Å². The largest absolute Gasteiger partial charge is 0.493 e. The molecule has 2 amide bonds. The predicted octanol–water partition coefficient (Wildman–Crippen LogP) is 6.01. The Hall–Kier alpha value is -2.98. The van der Waals surface area contributed by atoms with Gasteiger partial charge in [-0.15, -0.1) is 0 Å². The zero-order valence-corrected chi connectivity index (χ0v) is 21.2. The smallest absolute Gasteiger partial charge is 0.339 e. The number of ether oxygens (including phenoxy) is 1. The van der Waals surface area contributed by atoms with Crippen molar-refractivity contribution in [3.05, 3.63) is 92.8 Å².